The van der Waals surface area contributed by atoms with E-state index < -0.39 is 5.97 Å². The van der Waals surface area contributed by atoms with Crippen molar-refractivity contribution in [3.63, 3.8) is 0 Å². The highest BCUT2D eigenvalue weighted by Crippen LogP contribution is 2.02. The van der Waals surface area contributed by atoms with Crippen molar-refractivity contribution in [2.45, 2.75) is 38.7 Å². The number of hydrazone groups is 1. The molecule has 0 aliphatic rings. The molecule has 1 rings (SSSR count). The van der Waals surface area contributed by atoms with Crippen molar-refractivity contribution in [3.8, 4) is 0 Å². The summed E-state index contributed by atoms with van der Waals surface area (Å²) in [5.74, 6) is -0.973. The summed E-state index contributed by atoms with van der Waals surface area (Å²) >= 11 is 0. The van der Waals surface area contributed by atoms with Crippen LogP contribution >= 0.6 is 0 Å². The first-order chi connectivity index (χ1) is 10.7. The Bertz CT molecular complexity index is 474. The first kappa shape index (κ1) is 17.8. The summed E-state index contributed by atoms with van der Waals surface area (Å²) in [6, 6.07) is 9.79. The number of nitrogens with one attached hydrogen (secondary N) is 1. The molecule has 1 aromatic rings. The zero-order chi connectivity index (χ0) is 16.0. The largest absolute Gasteiger partial charge is 0.481 e. The number of carbonyl (C=O) groups is 2. The number of unbranched alkanes of at least 4 members (excludes halogenated alkanes) is 2. The van der Waals surface area contributed by atoms with E-state index in [9.17, 15) is 9.59 Å². The molecule has 0 saturated carbocycles. The van der Waals surface area contributed by atoms with E-state index in [-0.39, 0.29) is 12.3 Å². The third-order valence-electron chi connectivity index (χ3n) is 2.88. The molecule has 1 amide bonds. The summed E-state index contributed by atoms with van der Waals surface area (Å²) in [4.78, 5) is 21.7. The number of carboxylic acid groups (broad SMARTS) is 1. The highest BCUT2D eigenvalue weighted by molar-refractivity contribution is 5.76. The minimum Gasteiger partial charge on any atom is -0.481 e. The molecule has 120 valence electrons. The van der Waals surface area contributed by atoms with Gasteiger partial charge >= 0.3 is 5.97 Å². The lowest BCUT2D eigenvalue weighted by Gasteiger charge is -2.01. The lowest BCUT2D eigenvalue weighted by atomic mass is 10.1. The molecule has 0 atom stereocenters. The first-order valence-corrected chi connectivity index (χ1v) is 7.32. The van der Waals surface area contributed by atoms with Gasteiger partial charge < -0.3 is 9.84 Å². The molecular weight excluding hydrogens is 284 g/mol. The molecule has 2 N–H and O–H groups in total. The van der Waals surface area contributed by atoms with E-state index in [2.05, 4.69) is 10.5 Å². The molecule has 0 heterocycles. The van der Waals surface area contributed by atoms with Gasteiger partial charge in [0.2, 0.25) is 5.91 Å². The van der Waals surface area contributed by atoms with Crippen LogP contribution in [-0.4, -0.2) is 29.8 Å². The van der Waals surface area contributed by atoms with Crippen molar-refractivity contribution in [2.75, 3.05) is 6.61 Å². The van der Waals surface area contributed by atoms with Gasteiger partial charge in [-0.25, -0.2) is 5.43 Å². The summed E-state index contributed by atoms with van der Waals surface area (Å²) in [5.41, 5.74) is 3.50. The van der Waals surface area contributed by atoms with Crippen LogP contribution in [-0.2, 0) is 20.9 Å². The van der Waals surface area contributed by atoms with Crippen LogP contribution in [0, 0.1) is 0 Å². The van der Waals surface area contributed by atoms with E-state index in [4.69, 9.17) is 9.84 Å². The van der Waals surface area contributed by atoms with Crippen LogP contribution in [0.4, 0.5) is 0 Å². The lowest BCUT2D eigenvalue weighted by Crippen LogP contribution is -2.17. The number of amides is 1. The Morgan fingerprint density at radius 3 is 2.59 bits per heavy atom. The van der Waals surface area contributed by atoms with E-state index in [1.165, 1.54) is 6.21 Å². The molecule has 6 heteroatoms. The highest BCUT2D eigenvalue weighted by Gasteiger charge is 2.00. The van der Waals surface area contributed by atoms with E-state index in [1.807, 2.05) is 30.3 Å². The molecule has 0 aliphatic heterocycles. The maximum absolute atomic E-state index is 11.4. The molecule has 0 fully saturated rings. The number of hydrogen-bond acceptors (Lipinski definition) is 4. The Labute approximate surface area is 130 Å². The third kappa shape index (κ3) is 9.66. The number of nitrogens with zero attached hydrogens (tertiary/aromatic N) is 1. The van der Waals surface area contributed by atoms with Gasteiger partial charge in [-0.15, -0.1) is 0 Å². The third-order valence-corrected chi connectivity index (χ3v) is 2.88. The summed E-state index contributed by atoms with van der Waals surface area (Å²) < 4.78 is 5.38. The predicted molar refractivity (Wildman–Crippen MR) is 83.5 cm³/mol. The van der Waals surface area contributed by atoms with E-state index >= 15 is 0 Å². The highest BCUT2D eigenvalue weighted by atomic mass is 16.5. The minimum absolute atomic E-state index is 0.151. The van der Waals surface area contributed by atoms with Crippen molar-refractivity contribution in [3.05, 3.63) is 35.9 Å². The van der Waals surface area contributed by atoms with Crippen molar-refractivity contribution < 1.29 is 19.4 Å². The van der Waals surface area contributed by atoms with Crippen molar-refractivity contribution in [1.82, 2.24) is 5.43 Å². The number of hydrogen-bond donors (Lipinski definition) is 2. The molecule has 0 radical (unpaired) electrons. The zero-order valence-electron chi connectivity index (χ0n) is 12.5. The fraction of sp³-hybridized carbons (Fsp3) is 0.438. The predicted octanol–water partition coefficient (Wildman–Crippen LogP) is 2.34. The number of rotatable bonds is 11. The Morgan fingerprint density at radius 1 is 1.14 bits per heavy atom. The van der Waals surface area contributed by atoms with Crippen LogP contribution in [0.1, 0.15) is 37.7 Å². The van der Waals surface area contributed by atoms with Gasteiger partial charge in [0.15, 0.2) is 0 Å². The minimum atomic E-state index is -0.801. The number of carbonyl (C=O) groups excluding carboxylic acids is 1. The van der Waals surface area contributed by atoms with Gasteiger partial charge in [-0.05, 0) is 18.4 Å². The van der Waals surface area contributed by atoms with E-state index in [0.717, 1.165) is 12.0 Å². The standard InChI is InChI=1S/C16H22N2O4/c19-15(9-5-2-6-10-16(20)21)18-17-11-12-22-13-14-7-3-1-4-8-14/h1,3-4,7-8,11H,2,5-6,9-10,12-13H2,(H,18,19)(H,20,21)/b17-11+. The van der Waals surface area contributed by atoms with Gasteiger partial charge in [-0.1, -0.05) is 36.8 Å². The first-order valence-electron chi connectivity index (χ1n) is 7.32. The van der Waals surface area contributed by atoms with E-state index in [1.54, 1.807) is 0 Å². The van der Waals surface area contributed by atoms with Gasteiger partial charge in [-0.3, -0.25) is 9.59 Å². The normalized spacial score (nSPS) is 10.7. The lowest BCUT2D eigenvalue weighted by molar-refractivity contribution is -0.137. The van der Waals surface area contributed by atoms with Gasteiger partial charge in [-0.2, -0.15) is 5.10 Å². The van der Waals surface area contributed by atoms with Crippen LogP contribution in [0.2, 0.25) is 0 Å². The molecule has 0 bridgehead atoms. The monoisotopic (exact) mass is 306 g/mol. The molecule has 1 aromatic carbocycles. The molecule has 0 spiro atoms. The molecule has 0 unspecified atom stereocenters. The van der Waals surface area contributed by atoms with Crippen LogP contribution in [0.3, 0.4) is 0 Å². The second kappa shape index (κ2) is 11.4. The summed E-state index contributed by atoms with van der Waals surface area (Å²) in [5, 5.41) is 12.3. The second-order valence-electron chi connectivity index (χ2n) is 4.80. The SMILES string of the molecule is O=C(O)CCCCCC(=O)N/N=C/COCc1ccccc1. The molecule has 0 aromatic heterocycles. The quantitative estimate of drug-likeness (QED) is 0.373. The van der Waals surface area contributed by atoms with Crippen LogP contribution in [0.5, 0.6) is 0 Å². The van der Waals surface area contributed by atoms with E-state index in [0.29, 0.717) is 32.5 Å². The summed E-state index contributed by atoms with van der Waals surface area (Å²) in [7, 11) is 0. The zero-order valence-corrected chi connectivity index (χ0v) is 12.5. The Hall–Kier alpha value is -2.21. The fourth-order valence-electron chi connectivity index (χ4n) is 1.75. The van der Waals surface area contributed by atoms with Gasteiger partial charge in [0, 0.05) is 12.8 Å². The summed E-state index contributed by atoms with van der Waals surface area (Å²) in [6.07, 6.45) is 3.99. The fourth-order valence-corrected chi connectivity index (χ4v) is 1.75. The van der Waals surface area contributed by atoms with Crippen LogP contribution in [0.15, 0.2) is 35.4 Å². The Balaban J connectivity index is 1.98. The number of benzene rings is 1. The number of carboxylic acids is 1. The average molecular weight is 306 g/mol. The maximum Gasteiger partial charge on any atom is 0.303 e. The molecule has 0 saturated heterocycles. The second-order valence-corrected chi connectivity index (χ2v) is 4.80. The number of aliphatic carboxylic acids is 1. The smallest absolute Gasteiger partial charge is 0.303 e. The van der Waals surface area contributed by atoms with Gasteiger partial charge in [0.05, 0.1) is 19.4 Å². The van der Waals surface area contributed by atoms with Crippen LogP contribution < -0.4 is 5.43 Å². The molecule has 22 heavy (non-hydrogen) atoms. The number of ether oxygens (including phenoxy) is 1. The van der Waals surface area contributed by atoms with Crippen LogP contribution in [0.25, 0.3) is 0 Å². The molecule has 0 aliphatic carbocycles. The summed E-state index contributed by atoms with van der Waals surface area (Å²) in [6.45, 7) is 0.832. The Morgan fingerprint density at radius 2 is 1.86 bits per heavy atom. The van der Waals surface area contributed by atoms with Gasteiger partial charge in [0.1, 0.15) is 0 Å². The van der Waals surface area contributed by atoms with Crippen molar-refractivity contribution in [2.24, 2.45) is 5.10 Å². The molecule has 6 nitrogen and oxygen atoms in total. The maximum atomic E-state index is 11.4. The van der Waals surface area contributed by atoms with Gasteiger partial charge in [0.25, 0.3) is 0 Å². The Kier molecular flexibility index (Phi) is 9.28. The van der Waals surface area contributed by atoms with Crippen molar-refractivity contribution in [1.29, 1.82) is 0 Å². The molecular formula is C16H22N2O4. The average Bonchev–Trinajstić information content (AvgIpc) is 2.51. The topological polar surface area (TPSA) is 88.0 Å². The van der Waals surface area contributed by atoms with Crippen molar-refractivity contribution >= 4 is 18.1 Å².